The van der Waals surface area contributed by atoms with Crippen molar-refractivity contribution in [3.63, 3.8) is 0 Å². The molecule has 0 bridgehead atoms. The summed E-state index contributed by atoms with van der Waals surface area (Å²) in [5.41, 5.74) is 5.47. The van der Waals surface area contributed by atoms with E-state index < -0.39 is 260 Å². The summed E-state index contributed by atoms with van der Waals surface area (Å²) in [5.74, 6) is -7.08. The highest BCUT2D eigenvalue weighted by molar-refractivity contribution is 5.93. The van der Waals surface area contributed by atoms with Gasteiger partial charge in [0.25, 0.3) is 6.29 Å². The van der Waals surface area contributed by atoms with Gasteiger partial charge >= 0.3 is 5.97 Å². The van der Waals surface area contributed by atoms with Crippen LogP contribution in [0.3, 0.4) is 0 Å². The second-order valence-electron chi connectivity index (χ2n) is 20.0. The van der Waals surface area contributed by atoms with Gasteiger partial charge in [0.15, 0.2) is 48.7 Å². The van der Waals surface area contributed by atoms with Gasteiger partial charge in [-0.25, -0.2) is 4.79 Å². The van der Waals surface area contributed by atoms with Crippen LogP contribution in [-0.2, 0) is 56.8 Å². The van der Waals surface area contributed by atoms with Gasteiger partial charge in [-0.15, -0.1) is 0 Å². The highest BCUT2D eigenvalue weighted by Crippen LogP contribution is 2.33. The van der Waals surface area contributed by atoms with Crippen molar-refractivity contribution in [3.8, 4) is 5.75 Å². The molecule has 0 saturated carbocycles. The van der Waals surface area contributed by atoms with E-state index in [0.29, 0.717) is 0 Å². The Morgan fingerprint density at radius 2 is 1.02 bits per heavy atom. The number of anilines is 1. The number of nitrogens with two attached hydrogens (primary N) is 1. The lowest BCUT2D eigenvalue weighted by molar-refractivity contribution is -0.341. The van der Waals surface area contributed by atoms with Crippen LogP contribution >= 0.6 is 0 Å². The van der Waals surface area contributed by atoms with Crippen molar-refractivity contribution < 1.29 is 174 Å². The summed E-state index contributed by atoms with van der Waals surface area (Å²) in [4.78, 5) is 12.4. The molecule has 5 saturated heterocycles. The normalized spacial score (nSPS) is 39.0. The number of nitrogen functional groups attached to an aromatic ring is 1. The van der Waals surface area contributed by atoms with Crippen molar-refractivity contribution in [3.05, 3.63) is 46.8 Å². The second-order valence-corrected chi connectivity index (χ2v) is 20.0. The number of methoxy groups -OCH3 is 1. The summed E-state index contributed by atoms with van der Waals surface area (Å²) in [6.07, 6.45) is -52.7. The Morgan fingerprint density at radius 1 is 0.548 bits per heavy atom. The fraction of sp³-hybridized carbons (Fsp3) is 0.771. The second kappa shape index (κ2) is 31.2. The van der Waals surface area contributed by atoms with E-state index in [2.05, 4.69) is 4.74 Å². The van der Waals surface area contributed by atoms with Crippen LogP contribution in [0.5, 0.6) is 5.75 Å². The molecule has 5 heterocycles. The van der Waals surface area contributed by atoms with E-state index in [1.165, 1.54) is 6.07 Å². The predicted molar refractivity (Wildman–Crippen MR) is 263 cm³/mol. The first kappa shape index (κ1) is 69.0. The van der Waals surface area contributed by atoms with Gasteiger partial charge in [-0.1, -0.05) is 0 Å². The van der Waals surface area contributed by atoms with Crippen LogP contribution in [0.15, 0.2) is 41.2 Å². The van der Waals surface area contributed by atoms with E-state index in [1.54, 1.807) is 0 Å². The maximum Gasteiger partial charge on any atom is 0.341 e. The van der Waals surface area contributed by atoms with Gasteiger partial charge in [0, 0.05) is 31.6 Å². The Kier molecular flexibility index (Phi) is 25.6. The summed E-state index contributed by atoms with van der Waals surface area (Å²) in [5, 5.41) is 225. The van der Waals surface area contributed by atoms with Crippen molar-refractivity contribution in [1.29, 1.82) is 0 Å². The molecule has 23 N–H and O–H groups in total. The molecule has 0 aromatic heterocycles. The third kappa shape index (κ3) is 16.9. The van der Waals surface area contributed by atoms with Crippen LogP contribution in [0.4, 0.5) is 5.69 Å². The van der Waals surface area contributed by atoms with Crippen LogP contribution in [0.25, 0.3) is 0 Å². The van der Waals surface area contributed by atoms with Crippen LogP contribution in [0.1, 0.15) is 29.6 Å². The number of esters is 1. The number of carbonyl (C=O) groups excluding carboxylic acids is 1. The molecule has 12 unspecified atom stereocenters. The standard InChI is InChI=1S/C48H75NO35/c1-72-41(69)16-8-15(49)2-3-22(16)79-42(70)34(63)31(60)23(4-6-50)81-48-39(68)33(62)40(26(83-48)14-78-47-38(67)30(59)21(55)12-76-47)84-43(71)35(64)32(61)24(5-7-73-45-36(65)28(57)19(53)10-74-45)80-44-18(52)9-17(51)27(56)25(82-44)13-77-46-37(66)29(58)20(54)11-75-46/h2-3,8,17-21,23-30,33,36-40,42-48,50-68,70-71H,4-7,9-14,49H2,1H3/b34-31-,35-32-/t17?,18?,19-,20-,21-,23-,24-,25?,26?,27+,28?,29?,30?,33?,36?,37?,38?,39?,40-,42+,43+,44-,45+,46-,47-,48-/m1/s1. The Morgan fingerprint density at radius 3 is 1.56 bits per heavy atom. The van der Waals surface area contributed by atoms with Crippen LogP contribution in [0, 0.1) is 0 Å². The fourth-order valence-electron chi connectivity index (χ4n) is 8.99. The Hall–Kier alpha value is -4.15. The molecule has 84 heavy (non-hydrogen) atoms. The van der Waals surface area contributed by atoms with Gasteiger partial charge in [-0.2, -0.15) is 0 Å². The van der Waals surface area contributed by atoms with E-state index in [4.69, 9.17) is 62.6 Å². The minimum Gasteiger partial charge on any atom is -0.506 e. The van der Waals surface area contributed by atoms with Gasteiger partial charge < -0.3 is 175 Å². The number of rotatable bonds is 25. The lowest BCUT2D eigenvalue weighted by Gasteiger charge is -2.44. The fourth-order valence-corrected chi connectivity index (χ4v) is 8.99. The first-order chi connectivity index (χ1) is 39.7. The van der Waals surface area contributed by atoms with Gasteiger partial charge in [0.1, 0.15) is 121 Å². The number of hydrogen-bond acceptors (Lipinski definition) is 36. The Balaban J connectivity index is 1.26. The number of aliphatic hydroxyl groups excluding tert-OH is 21. The molecule has 6 rings (SSSR count). The largest absolute Gasteiger partial charge is 0.506 e. The highest BCUT2D eigenvalue weighted by Gasteiger charge is 2.51. The van der Waals surface area contributed by atoms with Crippen LogP contribution < -0.4 is 10.5 Å². The van der Waals surface area contributed by atoms with Crippen molar-refractivity contribution >= 4 is 11.7 Å². The molecule has 1 aromatic rings. The minimum absolute atomic E-state index is 0.0592. The summed E-state index contributed by atoms with van der Waals surface area (Å²) < 4.78 is 70.8. The molecule has 5 fully saturated rings. The quantitative estimate of drug-likeness (QED) is 0.0187. The summed E-state index contributed by atoms with van der Waals surface area (Å²) in [6.45, 7) is -4.95. The molecule has 482 valence electrons. The molecule has 1 aromatic carbocycles. The molecule has 5 aliphatic rings. The first-order valence-corrected chi connectivity index (χ1v) is 26.0. The molecular formula is C48H75NO35. The highest BCUT2D eigenvalue weighted by atomic mass is 16.8. The zero-order valence-corrected chi connectivity index (χ0v) is 44.5. The number of hydrogen-bond donors (Lipinski definition) is 22. The average molecular weight is 1230 g/mol. The Bertz CT molecular complexity index is 2290. The average Bonchev–Trinajstić information content (AvgIpc) is 2.26. The molecule has 0 spiro atoms. The summed E-state index contributed by atoms with van der Waals surface area (Å²) in [7, 11) is 1.02. The maximum atomic E-state index is 12.4. The SMILES string of the molecule is COC(=O)c1cc(N)ccc1O[C@H](O)/C(O)=C(/O)[C@@H](CCO)O[C@@H]1OC(CO[C@H]2OC[C@@H](O)C(O)C2O)[C@@H](O[C@H](O)/C(O)=C(/O)[C@@H](CCO[C@H]2OC[C@@H](O)C(O)C2O)O[C@@H]2OC(CO[C@H]3OC[C@@H](O)C(O)C3O)[C@@H](O)C(O)CC2O)C(O)C1O. The molecule has 0 amide bonds. The first-order valence-electron chi connectivity index (χ1n) is 26.0. The van der Waals surface area contributed by atoms with Crippen molar-refractivity contribution in [2.24, 2.45) is 0 Å². The van der Waals surface area contributed by atoms with Crippen molar-refractivity contribution in [2.75, 3.05) is 59.1 Å². The third-order valence-electron chi connectivity index (χ3n) is 13.9. The molecule has 5 aliphatic heterocycles. The predicted octanol–water partition coefficient (Wildman–Crippen LogP) is -9.33. The molecule has 36 heteroatoms. The third-order valence-corrected chi connectivity index (χ3v) is 13.9. The molecular weight excluding hydrogens is 1150 g/mol. The summed E-state index contributed by atoms with van der Waals surface area (Å²) in [6, 6.07) is 3.46. The lowest BCUT2D eigenvalue weighted by atomic mass is 9.98. The maximum absolute atomic E-state index is 12.4. The number of aliphatic hydroxyl groups is 21. The van der Waals surface area contributed by atoms with Gasteiger partial charge in [0.05, 0.1) is 52.9 Å². The number of ether oxygens (including phenoxy) is 13. The molecule has 0 aliphatic carbocycles. The number of carbonyl (C=O) groups is 1. The van der Waals surface area contributed by atoms with E-state index >= 15 is 0 Å². The van der Waals surface area contributed by atoms with Crippen molar-refractivity contribution in [2.45, 2.75) is 179 Å². The van der Waals surface area contributed by atoms with Gasteiger partial charge in [-0.05, 0) is 18.2 Å². The zero-order valence-electron chi connectivity index (χ0n) is 44.5. The number of benzene rings is 1. The topological polar surface area (TPSA) is 588 Å². The molecule has 36 nitrogen and oxygen atoms in total. The molecule has 0 radical (unpaired) electrons. The van der Waals surface area contributed by atoms with Gasteiger partial charge in [-0.3, -0.25) is 0 Å². The molecule has 26 atom stereocenters. The Labute approximate surface area is 475 Å². The van der Waals surface area contributed by atoms with E-state index in [9.17, 15) is 112 Å². The minimum atomic E-state index is -2.85. The lowest BCUT2D eigenvalue weighted by Crippen LogP contribution is -2.62. The van der Waals surface area contributed by atoms with E-state index in [1.807, 2.05) is 0 Å². The van der Waals surface area contributed by atoms with E-state index in [0.717, 1.165) is 19.2 Å². The summed E-state index contributed by atoms with van der Waals surface area (Å²) >= 11 is 0. The van der Waals surface area contributed by atoms with E-state index in [-0.39, 0.29) is 11.3 Å². The van der Waals surface area contributed by atoms with Crippen LogP contribution in [0.2, 0.25) is 0 Å². The zero-order chi connectivity index (χ0) is 62.0. The van der Waals surface area contributed by atoms with Crippen LogP contribution in [-0.4, -0.2) is 327 Å². The van der Waals surface area contributed by atoms with Gasteiger partial charge in [0.2, 0.25) is 12.0 Å². The van der Waals surface area contributed by atoms with Crippen molar-refractivity contribution in [1.82, 2.24) is 0 Å². The monoisotopic (exact) mass is 1230 g/mol. The smallest absolute Gasteiger partial charge is 0.341 e.